The number of ether oxygens (including phenoxy) is 2. The summed E-state index contributed by atoms with van der Waals surface area (Å²) in [6.45, 7) is 0.0418. The summed E-state index contributed by atoms with van der Waals surface area (Å²) >= 11 is 0. The van der Waals surface area contributed by atoms with Gasteiger partial charge in [-0.3, -0.25) is 9.10 Å². The normalized spacial score (nSPS) is 13.2. The minimum atomic E-state index is -4.21. The molecule has 4 rings (SSSR count). The van der Waals surface area contributed by atoms with Gasteiger partial charge in [0.1, 0.15) is 12.4 Å². The number of para-hydroxylation sites is 1. The fourth-order valence-electron chi connectivity index (χ4n) is 4.03. The zero-order chi connectivity index (χ0) is 24.3. The highest BCUT2D eigenvalue weighted by Gasteiger charge is 2.31. The Morgan fingerprint density at radius 2 is 1.71 bits per heavy atom. The third-order valence-electron chi connectivity index (χ3n) is 5.75. The standard InChI is InChI=1S/C25H25FN2O5S/c1-32-23-14-13-21(16-24(23)33-2)34(30,31)28(20-11-9-19(26)10-12-20)17-25(29)27-15-5-7-18-6-3-4-8-22(18)27/h3-4,6,8-14,16H,5,7,15,17H2,1-2H3. The molecule has 0 fully saturated rings. The van der Waals surface area contributed by atoms with Gasteiger partial charge in [-0.1, -0.05) is 18.2 Å². The van der Waals surface area contributed by atoms with Crippen molar-refractivity contribution in [2.24, 2.45) is 0 Å². The SMILES string of the molecule is COc1ccc(S(=O)(=O)N(CC(=O)N2CCCc3ccccc32)c2ccc(F)cc2)cc1OC. The van der Waals surface area contributed by atoms with E-state index in [2.05, 4.69) is 0 Å². The number of benzene rings is 3. The van der Waals surface area contributed by atoms with E-state index in [-0.39, 0.29) is 22.2 Å². The number of aryl methyl sites for hydroxylation is 1. The number of halogens is 1. The van der Waals surface area contributed by atoms with Crippen molar-refractivity contribution >= 4 is 27.3 Å². The third kappa shape index (κ3) is 4.56. The molecule has 1 heterocycles. The maximum atomic E-state index is 13.7. The molecule has 0 aliphatic carbocycles. The van der Waals surface area contributed by atoms with E-state index in [4.69, 9.17) is 9.47 Å². The minimum absolute atomic E-state index is 0.0821. The predicted octanol–water partition coefficient (Wildman–Crippen LogP) is 4.02. The van der Waals surface area contributed by atoms with Crippen LogP contribution < -0.4 is 18.7 Å². The van der Waals surface area contributed by atoms with Crippen molar-refractivity contribution < 1.29 is 27.1 Å². The first kappa shape index (κ1) is 23.6. The van der Waals surface area contributed by atoms with E-state index in [1.165, 1.54) is 44.6 Å². The van der Waals surface area contributed by atoms with Crippen molar-refractivity contribution in [3.63, 3.8) is 0 Å². The van der Waals surface area contributed by atoms with Crippen LogP contribution in [0.2, 0.25) is 0 Å². The van der Waals surface area contributed by atoms with Crippen LogP contribution in [0.4, 0.5) is 15.8 Å². The van der Waals surface area contributed by atoms with Gasteiger partial charge in [0.15, 0.2) is 11.5 Å². The van der Waals surface area contributed by atoms with Crippen LogP contribution >= 0.6 is 0 Å². The first-order chi connectivity index (χ1) is 16.3. The number of fused-ring (bicyclic) bond motifs is 1. The maximum Gasteiger partial charge on any atom is 0.264 e. The van der Waals surface area contributed by atoms with E-state index >= 15 is 0 Å². The number of amides is 1. The van der Waals surface area contributed by atoms with Gasteiger partial charge in [-0.2, -0.15) is 0 Å². The van der Waals surface area contributed by atoms with E-state index < -0.39 is 22.4 Å². The predicted molar refractivity (Wildman–Crippen MR) is 128 cm³/mol. The van der Waals surface area contributed by atoms with Gasteiger partial charge in [0.05, 0.1) is 24.8 Å². The monoisotopic (exact) mass is 484 g/mol. The Morgan fingerprint density at radius 1 is 1.00 bits per heavy atom. The number of sulfonamides is 1. The topological polar surface area (TPSA) is 76.2 Å². The van der Waals surface area contributed by atoms with Crippen LogP contribution in [0.3, 0.4) is 0 Å². The van der Waals surface area contributed by atoms with E-state index in [0.717, 1.165) is 40.5 Å². The van der Waals surface area contributed by atoms with E-state index in [1.807, 2.05) is 24.3 Å². The number of rotatable bonds is 7. The second kappa shape index (κ2) is 9.72. The number of nitrogens with zero attached hydrogens (tertiary/aromatic N) is 2. The fourth-order valence-corrected chi connectivity index (χ4v) is 5.46. The second-order valence-electron chi connectivity index (χ2n) is 7.78. The second-order valence-corrected chi connectivity index (χ2v) is 9.64. The van der Waals surface area contributed by atoms with Crippen LogP contribution in [0, 0.1) is 5.82 Å². The number of carbonyl (C=O) groups excluding carboxylic acids is 1. The molecule has 0 bridgehead atoms. The fraction of sp³-hybridized carbons (Fsp3) is 0.240. The summed E-state index contributed by atoms with van der Waals surface area (Å²) in [5.74, 6) is -0.279. The number of hydrogen-bond donors (Lipinski definition) is 0. The summed E-state index contributed by atoms with van der Waals surface area (Å²) in [6, 6.07) is 16.8. The molecule has 3 aromatic carbocycles. The molecule has 3 aromatic rings. The van der Waals surface area contributed by atoms with Gasteiger partial charge in [-0.15, -0.1) is 0 Å². The van der Waals surface area contributed by atoms with Gasteiger partial charge >= 0.3 is 0 Å². The Balaban J connectivity index is 1.74. The Kier molecular flexibility index (Phi) is 6.74. The number of hydrogen-bond acceptors (Lipinski definition) is 5. The smallest absolute Gasteiger partial charge is 0.264 e. The highest BCUT2D eigenvalue weighted by molar-refractivity contribution is 7.92. The molecule has 0 aromatic heterocycles. The summed E-state index contributed by atoms with van der Waals surface area (Å²) in [5, 5.41) is 0. The highest BCUT2D eigenvalue weighted by Crippen LogP contribution is 2.33. The number of methoxy groups -OCH3 is 2. The van der Waals surface area contributed by atoms with E-state index in [0.29, 0.717) is 12.3 Å². The summed E-state index contributed by atoms with van der Waals surface area (Å²) in [7, 11) is -1.35. The van der Waals surface area contributed by atoms with Crippen molar-refractivity contribution in [2.45, 2.75) is 17.7 Å². The summed E-state index contributed by atoms with van der Waals surface area (Å²) in [5.41, 5.74) is 1.99. The molecular formula is C25H25FN2O5S. The van der Waals surface area contributed by atoms with Crippen LogP contribution in [0.15, 0.2) is 71.6 Å². The highest BCUT2D eigenvalue weighted by atomic mass is 32.2. The molecule has 0 unspecified atom stereocenters. The van der Waals surface area contributed by atoms with Crippen molar-refractivity contribution in [3.8, 4) is 11.5 Å². The lowest BCUT2D eigenvalue weighted by molar-refractivity contribution is -0.117. The van der Waals surface area contributed by atoms with Gasteiger partial charge in [0.2, 0.25) is 5.91 Å². The Morgan fingerprint density at radius 3 is 2.41 bits per heavy atom. The maximum absolute atomic E-state index is 13.7. The van der Waals surface area contributed by atoms with E-state index in [1.54, 1.807) is 4.90 Å². The van der Waals surface area contributed by atoms with Gasteiger partial charge in [0, 0.05) is 18.3 Å². The molecule has 0 atom stereocenters. The molecular weight excluding hydrogens is 459 g/mol. The Bertz CT molecular complexity index is 1290. The molecule has 0 radical (unpaired) electrons. The van der Waals surface area contributed by atoms with Crippen molar-refractivity contribution in [2.75, 3.05) is 36.5 Å². The Labute approximate surface area is 198 Å². The van der Waals surface area contributed by atoms with Gasteiger partial charge in [0.25, 0.3) is 10.0 Å². The minimum Gasteiger partial charge on any atom is -0.493 e. The van der Waals surface area contributed by atoms with E-state index in [9.17, 15) is 17.6 Å². The summed E-state index contributed by atoms with van der Waals surface area (Å²) in [6.07, 6.45) is 1.63. The summed E-state index contributed by atoms with van der Waals surface area (Å²) in [4.78, 5) is 14.9. The van der Waals surface area contributed by atoms with Gasteiger partial charge in [-0.25, -0.2) is 12.8 Å². The van der Waals surface area contributed by atoms with Crippen LogP contribution in [0.25, 0.3) is 0 Å². The molecule has 1 amide bonds. The average molecular weight is 485 g/mol. The quantitative estimate of drug-likeness (QED) is 0.506. The van der Waals surface area contributed by atoms with Crippen LogP contribution in [-0.4, -0.2) is 41.6 Å². The molecule has 0 N–H and O–H groups in total. The first-order valence-corrected chi connectivity index (χ1v) is 12.2. The number of carbonyl (C=O) groups is 1. The molecule has 9 heteroatoms. The zero-order valence-corrected chi connectivity index (χ0v) is 19.7. The molecule has 0 saturated carbocycles. The molecule has 1 aliphatic heterocycles. The average Bonchev–Trinajstić information content (AvgIpc) is 2.86. The lowest BCUT2D eigenvalue weighted by Crippen LogP contribution is -2.45. The largest absolute Gasteiger partial charge is 0.493 e. The Hall–Kier alpha value is -3.59. The lowest BCUT2D eigenvalue weighted by atomic mass is 10.0. The first-order valence-electron chi connectivity index (χ1n) is 10.7. The van der Waals surface area contributed by atoms with Gasteiger partial charge in [-0.05, 0) is 60.9 Å². The van der Waals surface area contributed by atoms with Crippen molar-refractivity contribution in [1.82, 2.24) is 0 Å². The van der Waals surface area contributed by atoms with Crippen LogP contribution in [0.5, 0.6) is 11.5 Å². The number of anilines is 2. The zero-order valence-electron chi connectivity index (χ0n) is 18.9. The van der Waals surface area contributed by atoms with Crippen molar-refractivity contribution in [3.05, 3.63) is 78.1 Å². The molecule has 7 nitrogen and oxygen atoms in total. The van der Waals surface area contributed by atoms with Crippen LogP contribution in [-0.2, 0) is 21.2 Å². The molecule has 1 aliphatic rings. The van der Waals surface area contributed by atoms with Crippen LogP contribution in [0.1, 0.15) is 12.0 Å². The molecule has 34 heavy (non-hydrogen) atoms. The van der Waals surface area contributed by atoms with Gasteiger partial charge < -0.3 is 14.4 Å². The lowest BCUT2D eigenvalue weighted by Gasteiger charge is -2.32. The molecule has 178 valence electrons. The molecule has 0 spiro atoms. The summed E-state index contributed by atoms with van der Waals surface area (Å²) < 4.78 is 52.5. The van der Waals surface area contributed by atoms with Crippen molar-refractivity contribution in [1.29, 1.82) is 0 Å². The third-order valence-corrected chi connectivity index (χ3v) is 7.52. The molecule has 0 saturated heterocycles.